The standard InChI is InChI=1S/C16H13ClN2O2/c1-9-3-5-11(6-4-9)8-19-15(20)12-7-10(2)18-14(17)13(12)16(19)21/h3-7H,8H2,1-2H3. The lowest BCUT2D eigenvalue weighted by molar-refractivity contribution is 0.0642. The van der Waals surface area contributed by atoms with E-state index in [1.165, 1.54) is 4.90 Å². The van der Waals surface area contributed by atoms with Crippen LogP contribution in [0.1, 0.15) is 37.5 Å². The summed E-state index contributed by atoms with van der Waals surface area (Å²) in [6.07, 6.45) is 0. The van der Waals surface area contributed by atoms with E-state index in [4.69, 9.17) is 11.6 Å². The van der Waals surface area contributed by atoms with Crippen molar-refractivity contribution in [2.45, 2.75) is 20.4 Å². The Bertz CT molecular complexity index is 754. The summed E-state index contributed by atoms with van der Waals surface area (Å²) >= 11 is 6.01. The second-order valence-corrected chi connectivity index (χ2v) is 5.52. The molecule has 0 atom stereocenters. The largest absolute Gasteiger partial charge is 0.270 e. The van der Waals surface area contributed by atoms with Gasteiger partial charge < -0.3 is 0 Å². The number of pyridine rings is 1. The van der Waals surface area contributed by atoms with Crippen molar-refractivity contribution in [3.05, 3.63) is 63.4 Å². The highest BCUT2D eigenvalue weighted by molar-refractivity contribution is 6.36. The Morgan fingerprint density at radius 1 is 1.10 bits per heavy atom. The predicted octanol–water partition coefficient (Wildman–Crippen LogP) is 3.15. The minimum Gasteiger partial charge on any atom is -0.270 e. The number of rotatable bonds is 2. The average Bonchev–Trinajstić information content (AvgIpc) is 2.66. The molecule has 0 saturated carbocycles. The lowest BCUT2D eigenvalue weighted by Crippen LogP contribution is -2.29. The zero-order valence-electron chi connectivity index (χ0n) is 11.7. The topological polar surface area (TPSA) is 50.3 Å². The zero-order chi connectivity index (χ0) is 15.1. The molecular formula is C16H13ClN2O2. The monoisotopic (exact) mass is 300 g/mol. The number of carbonyl (C=O) groups excluding carboxylic acids is 2. The fourth-order valence-electron chi connectivity index (χ4n) is 2.40. The molecule has 0 N–H and O–H groups in total. The van der Waals surface area contributed by atoms with Crippen molar-refractivity contribution in [1.82, 2.24) is 9.88 Å². The average molecular weight is 301 g/mol. The minimum atomic E-state index is -0.381. The van der Waals surface area contributed by atoms with Gasteiger partial charge in [-0.25, -0.2) is 4.98 Å². The van der Waals surface area contributed by atoms with E-state index in [1.54, 1.807) is 13.0 Å². The first kappa shape index (κ1) is 13.8. The van der Waals surface area contributed by atoms with Gasteiger partial charge in [0.05, 0.1) is 17.7 Å². The minimum absolute atomic E-state index is 0.0924. The summed E-state index contributed by atoms with van der Waals surface area (Å²) in [5.74, 6) is -0.698. The van der Waals surface area contributed by atoms with Gasteiger partial charge in [-0.15, -0.1) is 0 Å². The molecule has 0 radical (unpaired) electrons. The molecule has 2 amide bonds. The Morgan fingerprint density at radius 3 is 2.43 bits per heavy atom. The van der Waals surface area contributed by atoms with Crippen LogP contribution in [0.25, 0.3) is 0 Å². The van der Waals surface area contributed by atoms with Crippen molar-refractivity contribution in [2.24, 2.45) is 0 Å². The van der Waals surface area contributed by atoms with Crippen molar-refractivity contribution in [2.75, 3.05) is 0 Å². The molecule has 4 nitrogen and oxygen atoms in total. The summed E-state index contributed by atoms with van der Waals surface area (Å²) in [5, 5.41) is 0.0924. The van der Waals surface area contributed by atoms with Crippen LogP contribution in [-0.4, -0.2) is 21.7 Å². The van der Waals surface area contributed by atoms with Crippen molar-refractivity contribution in [1.29, 1.82) is 0 Å². The fraction of sp³-hybridized carbons (Fsp3) is 0.188. The Kier molecular flexibility index (Phi) is 3.26. The fourth-order valence-corrected chi connectivity index (χ4v) is 2.72. The summed E-state index contributed by atoms with van der Waals surface area (Å²) in [4.78, 5) is 30.1. The number of imide groups is 1. The van der Waals surface area contributed by atoms with Gasteiger partial charge in [0.15, 0.2) is 0 Å². The van der Waals surface area contributed by atoms with Gasteiger partial charge in [-0.05, 0) is 25.5 Å². The molecule has 3 rings (SSSR count). The second-order valence-electron chi connectivity index (χ2n) is 5.16. The number of aromatic nitrogens is 1. The van der Waals surface area contributed by atoms with E-state index >= 15 is 0 Å². The van der Waals surface area contributed by atoms with Gasteiger partial charge in [0.1, 0.15) is 5.15 Å². The molecule has 2 aromatic rings. The number of halogens is 1. The Balaban J connectivity index is 1.96. The van der Waals surface area contributed by atoms with Crippen molar-refractivity contribution >= 4 is 23.4 Å². The summed E-state index contributed by atoms with van der Waals surface area (Å²) in [7, 11) is 0. The third kappa shape index (κ3) is 2.32. The van der Waals surface area contributed by atoms with E-state index in [0.717, 1.165) is 11.1 Å². The van der Waals surface area contributed by atoms with Gasteiger partial charge in [-0.1, -0.05) is 41.4 Å². The first-order chi connectivity index (χ1) is 9.97. The Labute approximate surface area is 127 Å². The maximum Gasteiger partial charge on any atom is 0.265 e. The molecular weight excluding hydrogens is 288 g/mol. The van der Waals surface area contributed by atoms with Gasteiger partial charge in [-0.3, -0.25) is 14.5 Å². The molecule has 1 aliphatic rings. The molecule has 5 heteroatoms. The van der Waals surface area contributed by atoms with Gasteiger partial charge in [0.2, 0.25) is 0 Å². The number of nitrogens with zero attached hydrogens (tertiary/aromatic N) is 2. The molecule has 1 aromatic carbocycles. The van der Waals surface area contributed by atoms with Crippen LogP contribution in [0.2, 0.25) is 5.15 Å². The molecule has 1 aliphatic heterocycles. The Hall–Kier alpha value is -2.20. The third-order valence-corrected chi connectivity index (χ3v) is 3.77. The number of carbonyl (C=O) groups is 2. The summed E-state index contributed by atoms with van der Waals surface area (Å²) in [6, 6.07) is 9.32. The van der Waals surface area contributed by atoms with Gasteiger partial charge in [0, 0.05) is 5.69 Å². The SMILES string of the molecule is Cc1ccc(CN2C(=O)c3cc(C)nc(Cl)c3C2=O)cc1. The molecule has 0 bridgehead atoms. The molecule has 0 spiro atoms. The lowest BCUT2D eigenvalue weighted by Gasteiger charge is -2.13. The van der Waals surface area contributed by atoms with Crippen LogP contribution in [-0.2, 0) is 6.54 Å². The quantitative estimate of drug-likeness (QED) is 0.632. The van der Waals surface area contributed by atoms with E-state index in [0.29, 0.717) is 11.3 Å². The highest BCUT2D eigenvalue weighted by atomic mass is 35.5. The van der Waals surface area contributed by atoms with Crippen LogP contribution in [0.3, 0.4) is 0 Å². The van der Waals surface area contributed by atoms with Crippen molar-refractivity contribution in [3.8, 4) is 0 Å². The zero-order valence-corrected chi connectivity index (χ0v) is 12.4. The number of hydrogen-bond acceptors (Lipinski definition) is 3. The number of hydrogen-bond donors (Lipinski definition) is 0. The molecule has 0 saturated heterocycles. The highest BCUT2D eigenvalue weighted by Crippen LogP contribution is 2.29. The smallest absolute Gasteiger partial charge is 0.265 e. The van der Waals surface area contributed by atoms with Crippen LogP contribution in [0, 0.1) is 13.8 Å². The van der Waals surface area contributed by atoms with Crippen LogP contribution >= 0.6 is 11.6 Å². The third-order valence-electron chi connectivity index (χ3n) is 3.50. The maximum atomic E-state index is 12.4. The first-order valence-corrected chi connectivity index (χ1v) is 6.94. The summed E-state index contributed by atoms with van der Waals surface area (Å²) < 4.78 is 0. The van der Waals surface area contributed by atoms with E-state index in [2.05, 4.69) is 4.98 Å². The van der Waals surface area contributed by atoms with E-state index in [-0.39, 0.29) is 29.1 Å². The normalized spacial score (nSPS) is 13.8. The van der Waals surface area contributed by atoms with E-state index < -0.39 is 0 Å². The van der Waals surface area contributed by atoms with E-state index in [9.17, 15) is 9.59 Å². The summed E-state index contributed by atoms with van der Waals surface area (Å²) in [5.41, 5.74) is 3.20. The van der Waals surface area contributed by atoms with Gasteiger partial charge >= 0.3 is 0 Å². The summed E-state index contributed by atoms with van der Waals surface area (Å²) in [6.45, 7) is 3.97. The number of fused-ring (bicyclic) bond motifs is 1. The Morgan fingerprint density at radius 2 is 1.76 bits per heavy atom. The van der Waals surface area contributed by atoms with Gasteiger partial charge in [0.25, 0.3) is 11.8 Å². The molecule has 1 aromatic heterocycles. The van der Waals surface area contributed by atoms with Crippen LogP contribution in [0.5, 0.6) is 0 Å². The molecule has 21 heavy (non-hydrogen) atoms. The molecule has 106 valence electrons. The predicted molar refractivity (Wildman–Crippen MR) is 79.4 cm³/mol. The molecule has 0 aliphatic carbocycles. The van der Waals surface area contributed by atoms with Gasteiger partial charge in [-0.2, -0.15) is 0 Å². The second kappa shape index (κ2) is 4.97. The first-order valence-electron chi connectivity index (χ1n) is 6.56. The maximum absolute atomic E-state index is 12.4. The number of amides is 2. The van der Waals surface area contributed by atoms with Crippen LogP contribution in [0.4, 0.5) is 0 Å². The van der Waals surface area contributed by atoms with E-state index in [1.807, 2.05) is 31.2 Å². The van der Waals surface area contributed by atoms with Crippen molar-refractivity contribution in [3.63, 3.8) is 0 Å². The molecule has 2 heterocycles. The molecule has 0 fully saturated rings. The number of aryl methyl sites for hydroxylation is 2. The van der Waals surface area contributed by atoms with Crippen LogP contribution < -0.4 is 0 Å². The van der Waals surface area contributed by atoms with Crippen LogP contribution in [0.15, 0.2) is 30.3 Å². The molecule has 0 unspecified atom stereocenters. The lowest BCUT2D eigenvalue weighted by atomic mass is 10.1. The highest BCUT2D eigenvalue weighted by Gasteiger charge is 2.38. The number of benzene rings is 1. The van der Waals surface area contributed by atoms with Crippen molar-refractivity contribution < 1.29 is 9.59 Å².